The van der Waals surface area contributed by atoms with Crippen LogP contribution < -0.4 is 10.1 Å². The number of ether oxygens (including phenoxy) is 1. The van der Waals surface area contributed by atoms with E-state index in [0.29, 0.717) is 23.8 Å². The van der Waals surface area contributed by atoms with Crippen molar-refractivity contribution in [3.8, 4) is 5.75 Å². The third kappa shape index (κ3) is 3.84. The summed E-state index contributed by atoms with van der Waals surface area (Å²) < 4.78 is 5.21. The molecule has 1 aliphatic carbocycles. The molecule has 0 spiro atoms. The summed E-state index contributed by atoms with van der Waals surface area (Å²) in [5.41, 5.74) is 0.490. The molecule has 0 bridgehead atoms. The van der Waals surface area contributed by atoms with Crippen LogP contribution >= 0.6 is 11.3 Å². The quantitative estimate of drug-likeness (QED) is 0.769. The van der Waals surface area contributed by atoms with Crippen LogP contribution in [0.15, 0.2) is 10.8 Å². The predicted octanol–water partition coefficient (Wildman–Crippen LogP) is 3.45. The molecular formula is C19H28N2O3S. The number of nitrogens with one attached hydrogen (secondary N) is 1. The molecule has 0 radical (unpaired) electrons. The van der Waals surface area contributed by atoms with E-state index in [1.54, 1.807) is 12.5 Å². The highest BCUT2D eigenvalue weighted by Gasteiger charge is 2.52. The van der Waals surface area contributed by atoms with E-state index >= 15 is 0 Å². The molecule has 1 atom stereocenters. The average Bonchev–Trinajstić information content (AvgIpc) is 3.06. The van der Waals surface area contributed by atoms with Gasteiger partial charge in [0.25, 0.3) is 5.91 Å². The molecule has 1 aromatic rings. The Kier molecular flexibility index (Phi) is 5.67. The summed E-state index contributed by atoms with van der Waals surface area (Å²) in [6.07, 6.45) is 7.34. The molecule has 0 unspecified atom stereocenters. The zero-order chi connectivity index (χ0) is 17.9. The lowest BCUT2D eigenvalue weighted by Gasteiger charge is -2.29. The van der Waals surface area contributed by atoms with Gasteiger partial charge in [-0.25, -0.2) is 0 Å². The molecule has 2 heterocycles. The zero-order valence-electron chi connectivity index (χ0n) is 15.2. The third-order valence-corrected chi connectivity index (χ3v) is 6.27. The van der Waals surface area contributed by atoms with Crippen LogP contribution in [0.2, 0.25) is 0 Å². The first-order valence-corrected chi connectivity index (χ1v) is 10.2. The van der Waals surface area contributed by atoms with Gasteiger partial charge in [0.05, 0.1) is 12.7 Å². The highest BCUT2D eigenvalue weighted by Crippen LogP contribution is 2.52. The Balaban J connectivity index is 1.57. The predicted molar refractivity (Wildman–Crippen MR) is 99.1 cm³/mol. The molecule has 1 saturated heterocycles. The number of thiophene rings is 1. The Morgan fingerprint density at radius 3 is 2.88 bits per heavy atom. The van der Waals surface area contributed by atoms with Crippen LogP contribution in [0.3, 0.4) is 0 Å². The van der Waals surface area contributed by atoms with Crippen LogP contribution in [0, 0.1) is 5.41 Å². The van der Waals surface area contributed by atoms with E-state index in [-0.39, 0.29) is 17.4 Å². The summed E-state index contributed by atoms with van der Waals surface area (Å²) in [5, 5.41) is 6.62. The lowest BCUT2D eigenvalue weighted by atomic mass is 9.97. The summed E-state index contributed by atoms with van der Waals surface area (Å²) in [5.74, 6) is 0.814. The van der Waals surface area contributed by atoms with Crippen LogP contribution in [0.1, 0.15) is 62.2 Å². The Labute approximate surface area is 153 Å². The topological polar surface area (TPSA) is 58.6 Å². The maximum absolute atomic E-state index is 13.0. The van der Waals surface area contributed by atoms with Crippen molar-refractivity contribution in [2.75, 3.05) is 20.2 Å². The summed E-state index contributed by atoms with van der Waals surface area (Å²) in [6.45, 7) is 3.52. The van der Waals surface area contributed by atoms with E-state index in [1.807, 2.05) is 10.3 Å². The largest absolute Gasteiger partial charge is 0.495 e. The van der Waals surface area contributed by atoms with Crippen molar-refractivity contribution in [1.29, 1.82) is 0 Å². The van der Waals surface area contributed by atoms with Gasteiger partial charge in [-0.3, -0.25) is 9.59 Å². The first-order chi connectivity index (χ1) is 12.1. The van der Waals surface area contributed by atoms with E-state index in [4.69, 9.17) is 4.74 Å². The first-order valence-electron chi connectivity index (χ1n) is 9.31. The van der Waals surface area contributed by atoms with Crippen LogP contribution in [-0.2, 0) is 4.79 Å². The monoisotopic (exact) mass is 364 g/mol. The number of carbonyl (C=O) groups excluding carboxylic acids is 2. The normalized spacial score (nSPS) is 21.2. The zero-order valence-corrected chi connectivity index (χ0v) is 16.0. The van der Waals surface area contributed by atoms with Gasteiger partial charge >= 0.3 is 0 Å². The Morgan fingerprint density at radius 2 is 2.20 bits per heavy atom. The van der Waals surface area contributed by atoms with Gasteiger partial charge in [0.1, 0.15) is 5.75 Å². The smallest absolute Gasteiger partial charge is 0.255 e. The summed E-state index contributed by atoms with van der Waals surface area (Å²) in [6, 6.07) is 0.125. The second-order valence-electron chi connectivity index (χ2n) is 7.24. The highest BCUT2D eigenvalue weighted by atomic mass is 32.1. The number of unbranched alkanes of at least 4 members (excludes halogenated alkanes) is 1. The molecule has 2 fully saturated rings. The first kappa shape index (κ1) is 18.2. The van der Waals surface area contributed by atoms with E-state index in [1.165, 1.54) is 11.3 Å². The standard InChI is InChI=1S/C19H28N2O3S/c1-3-4-7-19(8-9-19)18(23)21-10-5-6-14(21)11-20-17(22)15-12-25-13-16(15)24-2/h12-14H,3-11H2,1-2H3,(H,20,22)/t14-/m1/s1. The van der Waals surface area contributed by atoms with Crippen LogP contribution in [0.4, 0.5) is 0 Å². The van der Waals surface area contributed by atoms with Crippen LogP contribution in [0.25, 0.3) is 0 Å². The molecule has 1 saturated carbocycles. The number of carbonyl (C=O) groups is 2. The molecule has 1 aliphatic heterocycles. The van der Waals surface area contributed by atoms with Gasteiger partial charge < -0.3 is 15.0 Å². The van der Waals surface area contributed by atoms with Crippen molar-refractivity contribution < 1.29 is 14.3 Å². The average molecular weight is 365 g/mol. The molecule has 6 heteroatoms. The van der Waals surface area contributed by atoms with Gasteiger partial charge in [-0.2, -0.15) is 0 Å². The number of nitrogens with zero attached hydrogens (tertiary/aromatic N) is 1. The minimum Gasteiger partial charge on any atom is -0.495 e. The molecule has 2 amide bonds. The fourth-order valence-corrected chi connectivity index (χ4v) is 4.55. The molecular weight excluding hydrogens is 336 g/mol. The highest BCUT2D eigenvalue weighted by molar-refractivity contribution is 7.08. The fourth-order valence-electron chi connectivity index (χ4n) is 3.77. The number of likely N-dealkylation sites (tertiary alicyclic amines) is 1. The van der Waals surface area contributed by atoms with Crippen LogP contribution in [-0.4, -0.2) is 43.0 Å². The van der Waals surface area contributed by atoms with E-state index in [9.17, 15) is 9.59 Å². The lowest BCUT2D eigenvalue weighted by molar-refractivity contribution is -0.138. The van der Waals surface area contributed by atoms with Crippen molar-refractivity contribution >= 4 is 23.2 Å². The minimum absolute atomic E-state index is 0.0841. The molecule has 1 aromatic heterocycles. The summed E-state index contributed by atoms with van der Waals surface area (Å²) in [4.78, 5) is 27.4. The second kappa shape index (κ2) is 7.77. The van der Waals surface area contributed by atoms with E-state index in [2.05, 4.69) is 12.2 Å². The SMILES string of the molecule is CCCCC1(C(=O)N2CCC[C@@H]2CNC(=O)c2cscc2OC)CC1. The van der Waals surface area contributed by atoms with Gasteiger partial charge in [-0.15, -0.1) is 11.3 Å². The van der Waals surface area contributed by atoms with Crippen molar-refractivity contribution in [3.63, 3.8) is 0 Å². The molecule has 138 valence electrons. The Bertz CT molecular complexity index is 624. The lowest BCUT2D eigenvalue weighted by Crippen LogP contribution is -2.46. The number of rotatable bonds is 8. The minimum atomic E-state index is -0.121. The van der Waals surface area contributed by atoms with Gasteiger partial charge in [0, 0.05) is 35.3 Å². The number of hydrogen-bond donors (Lipinski definition) is 1. The molecule has 5 nitrogen and oxygen atoms in total. The van der Waals surface area contributed by atoms with Crippen molar-refractivity contribution in [3.05, 3.63) is 16.3 Å². The van der Waals surface area contributed by atoms with Gasteiger partial charge in [0.2, 0.25) is 5.91 Å². The van der Waals surface area contributed by atoms with Crippen molar-refractivity contribution in [2.45, 2.75) is 57.9 Å². The number of methoxy groups -OCH3 is 1. The maximum Gasteiger partial charge on any atom is 0.255 e. The molecule has 25 heavy (non-hydrogen) atoms. The van der Waals surface area contributed by atoms with E-state index in [0.717, 1.165) is 51.5 Å². The van der Waals surface area contributed by atoms with Gasteiger partial charge in [0.15, 0.2) is 0 Å². The second-order valence-corrected chi connectivity index (χ2v) is 7.99. The molecule has 2 aliphatic rings. The Morgan fingerprint density at radius 1 is 1.40 bits per heavy atom. The number of hydrogen-bond acceptors (Lipinski definition) is 4. The fraction of sp³-hybridized carbons (Fsp3) is 0.684. The maximum atomic E-state index is 13.0. The number of amides is 2. The van der Waals surface area contributed by atoms with Crippen LogP contribution in [0.5, 0.6) is 5.75 Å². The molecule has 3 rings (SSSR count). The van der Waals surface area contributed by atoms with Crippen molar-refractivity contribution in [2.24, 2.45) is 5.41 Å². The van der Waals surface area contributed by atoms with Gasteiger partial charge in [-0.05, 0) is 32.1 Å². The summed E-state index contributed by atoms with van der Waals surface area (Å²) >= 11 is 1.45. The van der Waals surface area contributed by atoms with Gasteiger partial charge in [-0.1, -0.05) is 19.8 Å². The molecule has 0 aromatic carbocycles. The van der Waals surface area contributed by atoms with Crippen molar-refractivity contribution in [1.82, 2.24) is 10.2 Å². The van der Waals surface area contributed by atoms with E-state index < -0.39 is 0 Å². The summed E-state index contributed by atoms with van der Waals surface area (Å²) in [7, 11) is 1.57. The Hall–Kier alpha value is -1.56. The molecule has 1 N–H and O–H groups in total. The third-order valence-electron chi connectivity index (χ3n) is 5.54.